The molecule has 1 aliphatic rings. The summed E-state index contributed by atoms with van der Waals surface area (Å²) in [4.78, 5) is 6.62. The second-order valence-corrected chi connectivity index (χ2v) is 5.51. The zero-order valence-electron chi connectivity index (χ0n) is 12.8. The van der Waals surface area contributed by atoms with Crippen molar-refractivity contribution in [3.8, 4) is 0 Å². The molecule has 1 aliphatic heterocycles. The van der Waals surface area contributed by atoms with E-state index in [0.29, 0.717) is 5.89 Å². The van der Waals surface area contributed by atoms with E-state index in [1.807, 2.05) is 13.1 Å². The normalized spacial score (nSPS) is 16.2. The van der Waals surface area contributed by atoms with Gasteiger partial charge in [-0.05, 0) is 14.0 Å². The number of hydrogen-bond acceptors (Lipinski definition) is 6. The van der Waals surface area contributed by atoms with Gasteiger partial charge in [0.1, 0.15) is 0 Å². The predicted molar refractivity (Wildman–Crippen MR) is 77.5 cm³/mol. The minimum Gasteiger partial charge on any atom is -0.338 e. The van der Waals surface area contributed by atoms with E-state index in [9.17, 15) is 0 Å². The Labute approximate surface area is 124 Å². The Morgan fingerprint density at radius 1 is 1.52 bits per heavy atom. The highest BCUT2D eigenvalue weighted by Crippen LogP contribution is 2.21. The summed E-state index contributed by atoms with van der Waals surface area (Å²) in [7, 11) is 2.07. The Kier molecular flexibility index (Phi) is 4.03. The van der Waals surface area contributed by atoms with Gasteiger partial charge in [0, 0.05) is 31.6 Å². The lowest BCUT2D eigenvalue weighted by atomic mass is 10.2. The van der Waals surface area contributed by atoms with Crippen LogP contribution in [0.5, 0.6) is 0 Å². The van der Waals surface area contributed by atoms with E-state index in [2.05, 4.69) is 44.1 Å². The number of fused-ring (bicyclic) bond motifs is 1. The monoisotopic (exact) mass is 290 g/mol. The fourth-order valence-electron chi connectivity index (χ4n) is 2.55. The van der Waals surface area contributed by atoms with Crippen LogP contribution >= 0.6 is 0 Å². The molecule has 1 N–H and O–H groups in total. The number of aryl methyl sites for hydroxylation is 1. The Morgan fingerprint density at radius 3 is 3.14 bits per heavy atom. The number of hydrogen-bond donors (Lipinski definition) is 1. The largest absolute Gasteiger partial charge is 0.338 e. The molecule has 0 bridgehead atoms. The topological polar surface area (TPSA) is 72.0 Å². The third-order valence-corrected chi connectivity index (χ3v) is 4.07. The first kappa shape index (κ1) is 14.2. The number of aromatic nitrogens is 4. The van der Waals surface area contributed by atoms with Crippen molar-refractivity contribution in [1.82, 2.24) is 30.1 Å². The first-order valence-corrected chi connectivity index (χ1v) is 7.46. The molecule has 2 aromatic rings. The molecule has 1 atom stereocenters. The number of nitrogens with one attached hydrogen (secondary N) is 1. The standard InChI is InChI=1S/C14H22N6O/c1-4-13-17-14(21-18-13)10(2)19(3)9-11-7-16-20-6-5-15-8-12(11)20/h7,10,15H,4-6,8-9H2,1-3H3. The van der Waals surface area contributed by atoms with E-state index in [1.54, 1.807) is 0 Å². The quantitative estimate of drug-likeness (QED) is 0.890. The van der Waals surface area contributed by atoms with Crippen LogP contribution in [0.25, 0.3) is 0 Å². The highest BCUT2D eigenvalue weighted by atomic mass is 16.5. The average molecular weight is 290 g/mol. The lowest BCUT2D eigenvalue weighted by Gasteiger charge is -2.23. The summed E-state index contributed by atoms with van der Waals surface area (Å²) >= 11 is 0. The highest BCUT2D eigenvalue weighted by Gasteiger charge is 2.21. The van der Waals surface area contributed by atoms with Crippen molar-refractivity contribution < 1.29 is 4.52 Å². The van der Waals surface area contributed by atoms with E-state index < -0.39 is 0 Å². The van der Waals surface area contributed by atoms with Gasteiger partial charge in [-0.1, -0.05) is 12.1 Å². The summed E-state index contributed by atoms with van der Waals surface area (Å²) in [6.07, 6.45) is 2.76. The molecule has 7 nitrogen and oxygen atoms in total. The Balaban J connectivity index is 1.70. The maximum absolute atomic E-state index is 5.33. The molecule has 0 saturated carbocycles. The van der Waals surface area contributed by atoms with Gasteiger partial charge in [0.2, 0.25) is 5.89 Å². The van der Waals surface area contributed by atoms with Crippen LogP contribution in [0.3, 0.4) is 0 Å². The molecule has 0 aromatic carbocycles. The van der Waals surface area contributed by atoms with Gasteiger partial charge in [-0.15, -0.1) is 0 Å². The SMILES string of the molecule is CCc1noc(C(C)N(C)Cc2cnn3c2CNCC3)n1. The van der Waals surface area contributed by atoms with Crippen LogP contribution in [-0.4, -0.2) is 38.4 Å². The van der Waals surface area contributed by atoms with Gasteiger partial charge >= 0.3 is 0 Å². The fourth-order valence-corrected chi connectivity index (χ4v) is 2.55. The van der Waals surface area contributed by atoms with Crippen LogP contribution < -0.4 is 5.32 Å². The van der Waals surface area contributed by atoms with Gasteiger partial charge in [-0.25, -0.2) is 0 Å². The summed E-state index contributed by atoms with van der Waals surface area (Å²) < 4.78 is 7.42. The second-order valence-electron chi connectivity index (χ2n) is 5.51. The molecule has 0 spiro atoms. The van der Waals surface area contributed by atoms with Crippen molar-refractivity contribution in [3.05, 3.63) is 29.2 Å². The van der Waals surface area contributed by atoms with Crippen LogP contribution in [0.2, 0.25) is 0 Å². The zero-order valence-corrected chi connectivity index (χ0v) is 12.8. The van der Waals surface area contributed by atoms with Gasteiger partial charge in [0.15, 0.2) is 5.82 Å². The molecule has 0 fully saturated rings. The first-order chi connectivity index (χ1) is 10.2. The van der Waals surface area contributed by atoms with Gasteiger partial charge < -0.3 is 9.84 Å². The lowest BCUT2D eigenvalue weighted by Crippen LogP contribution is -2.30. The van der Waals surface area contributed by atoms with Crippen molar-refractivity contribution in [2.75, 3.05) is 13.6 Å². The molecule has 0 saturated heterocycles. The molecule has 3 rings (SSSR count). The molecular formula is C14H22N6O. The summed E-state index contributed by atoms with van der Waals surface area (Å²) in [6, 6.07) is 0.0879. The van der Waals surface area contributed by atoms with Crippen LogP contribution in [0.4, 0.5) is 0 Å². The summed E-state index contributed by atoms with van der Waals surface area (Å²) in [6.45, 7) is 7.75. The Hall–Kier alpha value is -1.73. The van der Waals surface area contributed by atoms with Gasteiger partial charge in [0.25, 0.3) is 0 Å². The van der Waals surface area contributed by atoms with Crippen molar-refractivity contribution in [1.29, 1.82) is 0 Å². The Bertz CT molecular complexity index is 604. The van der Waals surface area contributed by atoms with E-state index >= 15 is 0 Å². The molecule has 7 heteroatoms. The van der Waals surface area contributed by atoms with Gasteiger partial charge in [-0.2, -0.15) is 10.1 Å². The minimum atomic E-state index is 0.0879. The average Bonchev–Trinajstić information content (AvgIpc) is 3.14. The molecule has 0 aliphatic carbocycles. The number of rotatable bonds is 5. The maximum Gasteiger partial charge on any atom is 0.243 e. The zero-order chi connectivity index (χ0) is 14.8. The van der Waals surface area contributed by atoms with Crippen molar-refractivity contribution >= 4 is 0 Å². The van der Waals surface area contributed by atoms with Crippen molar-refractivity contribution in [3.63, 3.8) is 0 Å². The molecule has 1 unspecified atom stereocenters. The molecule has 0 amide bonds. The predicted octanol–water partition coefficient (Wildman–Crippen LogP) is 1.12. The molecule has 3 heterocycles. The third-order valence-electron chi connectivity index (χ3n) is 4.07. The highest BCUT2D eigenvalue weighted by molar-refractivity contribution is 5.19. The Morgan fingerprint density at radius 2 is 2.38 bits per heavy atom. The van der Waals surface area contributed by atoms with Crippen molar-refractivity contribution in [2.24, 2.45) is 0 Å². The van der Waals surface area contributed by atoms with Gasteiger partial charge in [-0.3, -0.25) is 9.58 Å². The van der Waals surface area contributed by atoms with Crippen LogP contribution in [0.15, 0.2) is 10.7 Å². The van der Waals surface area contributed by atoms with E-state index in [4.69, 9.17) is 4.52 Å². The molecule has 114 valence electrons. The first-order valence-electron chi connectivity index (χ1n) is 7.46. The summed E-state index contributed by atoms with van der Waals surface area (Å²) in [5, 5.41) is 11.8. The smallest absolute Gasteiger partial charge is 0.243 e. The van der Waals surface area contributed by atoms with E-state index in [1.165, 1.54) is 11.3 Å². The van der Waals surface area contributed by atoms with Gasteiger partial charge in [0.05, 0.1) is 24.5 Å². The number of nitrogens with zero attached hydrogens (tertiary/aromatic N) is 5. The minimum absolute atomic E-state index is 0.0879. The second kappa shape index (κ2) is 5.95. The third kappa shape index (κ3) is 2.84. The molecule has 21 heavy (non-hydrogen) atoms. The molecular weight excluding hydrogens is 268 g/mol. The molecule has 0 radical (unpaired) electrons. The summed E-state index contributed by atoms with van der Waals surface area (Å²) in [5.41, 5.74) is 2.53. The van der Waals surface area contributed by atoms with Crippen molar-refractivity contribution in [2.45, 2.75) is 45.9 Å². The fraction of sp³-hybridized carbons (Fsp3) is 0.643. The summed E-state index contributed by atoms with van der Waals surface area (Å²) in [5.74, 6) is 1.44. The maximum atomic E-state index is 5.33. The van der Waals surface area contributed by atoms with Crippen LogP contribution in [0.1, 0.15) is 42.9 Å². The van der Waals surface area contributed by atoms with Crippen LogP contribution in [0, 0.1) is 0 Å². The molecule has 2 aromatic heterocycles. The lowest BCUT2D eigenvalue weighted by molar-refractivity contribution is 0.201. The van der Waals surface area contributed by atoms with Crippen LogP contribution in [-0.2, 0) is 26.1 Å². The van der Waals surface area contributed by atoms with E-state index in [0.717, 1.165) is 38.4 Å². The van der Waals surface area contributed by atoms with E-state index in [-0.39, 0.29) is 6.04 Å².